The van der Waals surface area contributed by atoms with E-state index in [9.17, 15) is 16.8 Å². The fourth-order valence-electron chi connectivity index (χ4n) is 3.08. The molecule has 0 amide bonds. The van der Waals surface area contributed by atoms with Gasteiger partial charge in [0.25, 0.3) is 10.0 Å². The second kappa shape index (κ2) is 8.37. The number of nitrogens with one attached hydrogen (secondary N) is 1. The molecule has 5 nitrogen and oxygen atoms in total. The molecular weight excluding hydrogens is 430 g/mol. The molecule has 155 valence electrons. The molecule has 0 bridgehead atoms. The molecule has 1 N–H and O–H groups in total. The average Bonchev–Trinajstić information content (AvgIpc) is 2.80. The topological polar surface area (TPSA) is 80.3 Å². The highest BCUT2D eigenvalue weighted by Crippen LogP contribution is 2.28. The Kier molecular flexibility index (Phi) is 5.63. The number of hydrogen-bond acceptors (Lipinski definition) is 4. The quantitative estimate of drug-likeness (QED) is 0.460. The molecule has 4 rings (SSSR count). The summed E-state index contributed by atoms with van der Waals surface area (Å²) >= 11 is 0. The normalized spacial score (nSPS) is 11.7. The molecular formula is C24H18NO4S2. The van der Waals surface area contributed by atoms with Gasteiger partial charge in [-0.2, -0.15) is 0 Å². The highest BCUT2D eigenvalue weighted by molar-refractivity contribution is 7.92. The van der Waals surface area contributed by atoms with Crippen LogP contribution in [0.1, 0.15) is 0 Å². The Morgan fingerprint density at radius 1 is 0.613 bits per heavy atom. The number of benzene rings is 4. The van der Waals surface area contributed by atoms with Crippen LogP contribution in [0.25, 0.3) is 11.1 Å². The Morgan fingerprint density at radius 3 is 1.94 bits per heavy atom. The van der Waals surface area contributed by atoms with Gasteiger partial charge in [0.15, 0.2) is 0 Å². The molecule has 0 aliphatic heterocycles. The summed E-state index contributed by atoms with van der Waals surface area (Å²) < 4.78 is 53.6. The molecule has 0 saturated heterocycles. The van der Waals surface area contributed by atoms with E-state index in [1.165, 1.54) is 24.3 Å². The van der Waals surface area contributed by atoms with Gasteiger partial charge >= 0.3 is 0 Å². The Balaban J connectivity index is 1.67. The molecule has 0 fully saturated rings. The number of sulfonamides is 1. The number of rotatable bonds is 6. The van der Waals surface area contributed by atoms with E-state index >= 15 is 0 Å². The average molecular weight is 449 g/mol. The Morgan fingerprint density at radius 2 is 1.26 bits per heavy atom. The van der Waals surface area contributed by atoms with E-state index in [1.54, 1.807) is 78.9 Å². The molecule has 31 heavy (non-hydrogen) atoms. The molecule has 1 radical (unpaired) electrons. The molecule has 0 aliphatic carbocycles. The first kappa shape index (κ1) is 20.8. The summed E-state index contributed by atoms with van der Waals surface area (Å²) in [5, 5.41) is 0. The van der Waals surface area contributed by atoms with Crippen LogP contribution < -0.4 is 4.72 Å². The maximum atomic E-state index is 12.9. The highest BCUT2D eigenvalue weighted by Gasteiger charge is 2.18. The van der Waals surface area contributed by atoms with Crippen LogP contribution in [-0.4, -0.2) is 16.8 Å². The largest absolute Gasteiger partial charge is 0.280 e. The molecule has 0 unspecified atom stereocenters. The molecule has 4 aromatic rings. The van der Waals surface area contributed by atoms with Crippen molar-refractivity contribution in [2.75, 3.05) is 4.72 Å². The summed E-state index contributed by atoms with van der Waals surface area (Å²) in [6, 6.07) is 30.6. The maximum absolute atomic E-state index is 12.9. The molecule has 0 aromatic heterocycles. The maximum Gasteiger partial charge on any atom is 0.261 e. The minimum Gasteiger partial charge on any atom is -0.280 e. The highest BCUT2D eigenvalue weighted by atomic mass is 32.2. The van der Waals surface area contributed by atoms with Gasteiger partial charge in [0, 0.05) is 5.69 Å². The second-order valence-corrected chi connectivity index (χ2v) is 10.4. The van der Waals surface area contributed by atoms with E-state index in [1.807, 2.05) is 0 Å². The van der Waals surface area contributed by atoms with Crippen LogP contribution in [-0.2, 0) is 19.9 Å². The van der Waals surface area contributed by atoms with E-state index in [0.29, 0.717) is 16.8 Å². The smallest absolute Gasteiger partial charge is 0.261 e. The minimum absolute atomic E-state index is 0.141. The van der Waals surface area contributed by atoms with Crippen LogP contribution in [0.2, 0.25) is 0 Å². The minimum atomic E-state index is -3.74. The first-order chi connectivity index (χ1) is 14.9. The number of hydrogen-bond donors (Lipinski definition) is 1. The van der Waals surface area contributed by atoms with Crippen molar-refractivity contribution in [1.29, 1.82) is 0 Å². The zero-order valence-corrected chi connectivity index (χ0v) is 17.9. The fraction of sp³-hybridized carbons (Fsp3) is 0. The zero-order chi connectivity index (χ0) is 21.9. The molecule has 0 aliphatic rings. The standard InChI is InChI=1S/C24H18NO4S2/c26-30(27,22-12-3-1-4-13-22)24-16-8-10-20(18-24)19-9-7-11-21(17-19)25-31(28,29)23-14-5-2-6-15-23/h1-9,11-18,25H. The summed E-state index contributed by atoms with van der Waals surface area (Å²) in [6.45, 7) is 0. The van der Waals surface area contributed by atoms with Gasteiger partial charge < -0.3 is 0 Å². The first-order valence-corrected chi connectivity index (χ1v) is 12.3. The lowest BCUT2D eigenvalue weighted by molar-refractivity contribution is 0.595. The third-order valence-electron chi connectivity index (χ3n) is 4.62. The summed E-state index contributed by atoms with van der Waals surface area (Å²) in [4.78, 5) is 0.502. The van der Waals surface area contributed by atoms with E-state index in [2.05, 4.69) is 10.8 Å². The van der Waals surface area contributed by atoms with Gasteiger partial charge in [-0.3, -0.25) is 4.72 Å². The van der Waals surface area contributed by atoms with Gasteiger partial charge in [0.1, 0.15) is 0 Å². The molecule has 0 spiro atoms. The summed E-state index contributed by atoms with van der Waals surface area (Å²) in [5.41, 5.74) is 1.54. The van der Waals surface area contributed by atoms with Gasteiger partial charge in [-0.1, -0.05) is 54.6 Å². The lowest BCUT2D eigenvalue weighted by atomic mass is 10.1. The van der Waals surface area contributed by atoms with E-state index in [0.717, 1.165) is 0 Å². The Bertz CT molecular complexity index is 1420. The van der Waals surface area contributed by atoms with Crippen molar-refractivity contribution in [3.8, 4) is 11.1 Å². The van der Waals surface area contributed by atoms with Crippen LogP contribution in [0.3, 0.4) is 0 Å². The van der Waals surface area contributed by atoms with Crippen LogP contribution in [0, 0.1) is 6.07 Å². The molecule has 4 aromatic carbocycles. The molecule has 7 heteroatoms. The lowest BCUT2D eigenvalue weighted by Crippen LogP contribution is -2.12. The lowest BCUT2D eigenvalue weighted by Gasteiger charge is -2.11. The van der Waals surface area contributed by atoms with Gasteiger partial charge in [-0.25, -0.2) is 16.8 Å². The summed E-state index contributed by atoms with van der Waals surface area (Å²) in [7, 11) is -7.41. The SMILES string of the molecule is O=S(=O)(Nc1cccc(-c2[c]ccc(S(=O)(=O)c3ccccc3)c2)c1)c1ccccc1. The number of sulfone groups is 1. The van der Waals surface area contributed by atoms with E-state index < -0.39 is 19.9 Å². The number of anilines is 1. The summed E-state index contributed by atoms with van der Waals surface area (Å²) in [5.74, 6) is 0. The van der Waals surface area contributed by atoms with Crippen molar-refractivity contribution >= 4 is 25.5 Å². The van der Waals surface area contributed by atoms with Crippen molar-refractivity contribution in [1.82, 2.24) is 0 Å². The van der Waals surface area contributed by atoms with Crippen LogP contribution in [0.4, 0.5) is 5.69 Å². The molecule has 0 heterocycles. The van der Waals surface area contributed by atoms with E-state index in [-0.39, 0.29) is 14.7 Å². The predicted molar refractivity (Wildman–Crippen MR) is 120 cm³/mol. The second-order valence-electron chi connectivity index (χ2n) is 6.75. The monoisotopic (exact) mass is 448 g/mol. The van der Waals surface area contributed by atoms with Crippen molar-refractivity contribution in [3.05, 3.63) is 109 Å². The van der Waals surface area contributed by atoms with Gasteiger partial charge in [0.05, 0.1) is 14.7 Å². The predicted octanol–water partition coefficient (Wildman–Crippen LogP) is 4.79. The fourth-order valence-corrected chi connectivity index (χ4v) is 5.46. The Hall–Kier alpha value is -3.42. The van der Waals surface area contributed by atoms with Crippen LogP contribution in [0.5, 0.6) is 0 Å². The van der Waals surface area contributed by atoms with Crippen molar-refractivity contribution in [3.63, 3.8) is 0 Å². The van der Waals surface area contributed by atoms with Crippen LogP contribution >= 0.6 is 0 Å². The van der Waals surface area contributed by atoms with Gasteiger partial charge in [0.2, 0.25) is 9.84 Å². The molecule has 0 atom stereocenters. The van der Waals surface area contributed by atoms with E-state index in [4.69, 9.17) is 0 Å². The molecule has 0 saturated carbocycles. The first-order valence-electron chi connectivity index (χ1n) is 9.36. The third kappa shape index (κ3) is 4.52. The van der Waals surface area contributed by atoms with Crippen molar-refractivity contribution in [2.45, 2.75) is 14.7 Å². The Labute approximate surface area is 182 Å². The third-order valence-corrected chi connectivity index (χ3v) is 7.78. The zero-order valence-electron chi connectivity index (χ0n) is 16.3. The van der Waals surface area contributed by atoms with Gasteiger partial charge in [-0.05, 0) is 65.7 Å². The summed E-state index contributed by atoms with van der Waals surface area (Å²) in [6.07, 6.45) is 0. The van der Waals surface area contributed by atoms with Crippen molar-refractivity contribution in [2.24, 2.45) is 0 Å². The van der Waals surface area contributed by atoms with Crippen molar-refractivity contribution < 1.29 is 16.8 Å². The van der Waals surface area contributed by atoms with Crippen LogP contribution in [0.15, 0.2) is 118 Å². The van der Waals surface area contributed by atoms with Gasteiger partial charge in [-0.15, -0.1) is 0 Å².